The van der Waals surface area contributed by atoms with Crippen molar-refractivity contribution in [2.75, 3.05) is 12.3 Å². The van der Waals surface area contributed by atoms with Gasteiger partial charge in [0.1, 0.15) is 10.6 Å². The van der Waals surface area contributed by atoms with Crippen LogP contribution in [0.4, 0.5) is 5.13 Å². The minimum atomic E-state index is -0.684. The molecule has 3 N–H and O–H groups in total. The first-order chi connectivity index (χ1) is 7.60. The highest BCUT2D eigenvalue weighted by atomic mass is 32.1. The van der Waals surface area contributed by atoms with Gasteiger partial charge in [-0.1, -0.05) is 11.3 Å². The zero-order chi connectivity index (χ0) is 11.6. The molecule has 1 unspecified atom stereocenters. The number of hydrogen-bond acceptors (Lipinski definition) is 6. The maximum Gasteiger partial charge on any atom is 0.252 e. The molecular weight excluding hydrogens is 228 g/mol. The summed E-state index contributed by atoms with van der Waals surface area (Å²) in [7, 11) is 0. The topological polar surface area (TPSA) is 90.1 Å². The quantitative estimate of drug-likeness (QED) is 0.796. The summed E-state index contributed by atoms with van der Waals surface area (Å²) in [5.41, 5.74) is 4.76. The highest BCUT2D eigenvalue weighted by molar-refractivity contribution is 7.15. The molecule has 2 rings (SSSR count). The van der Waals surface area contributed by atoms with Crippen molar-refractivity contribution in [1.29, 1.82) is 0 Å². The van der Waals surface area contributed by atoms with Gasteiger partial charge < -0.3 is 15.8 Å². The van der Waals surface area contributed by atoms with Crippen molar-refractivity contribution in [3.05, 3.63) is 5.01 Å². The molecule has 1 aromatic heterocycles. The second kappa shape index (κ2) is 4.34. The first-order valence-corrected chi connectivity index (χ1v) is 5.92. The summed E-state index contributed by atoms with van der Waals surface area (Å²) in [4.78, 5) is 11.8. The summed E-state index contributed by atoms with van der Waals surface area (Å²) in [5.74, 6) is -0.0984. The Bertz CT molecular complexity index is 387. The van der Waals surface area contributed by atoms with Gasteiger partial charge in [-0.2, -0.15) is 0 Å². The third-order valence-corrected chi connectivity index (χ3v) is 3.33. The number of nitrogen functional groups attached to an aromatic ring is 1. The molecule has 1 fully saturated rings. The van der Waals surface area contributed by atoms with E-state index in [0.29, 0.717) is 23.3 Å². The molecule has 1 aliphatic heterocycles. The van der Waals surface area contributed by atoms with E-state index in [1.54, 1.807) is 0 Å². The summed E-state index contributed by atoms with van der Waals surface area (Å²) in [6, 6.07) is 0. The van der Waals surface area contributed by atoms with Crippen LogP contribution >= 0.6 is 11.3 Å². The summed E-state index contributed by atoms with van der Waals surface area (Å²) >= 11 is 1.27. The second-order valence-electron chi connectivity index (χ2n) is 3.90. The van der Waals surface area contributed by atoms with Crippen molar-refractivity contribution in [2.24, 2.45) is 0 Å². The third-order valence-electron chi connectivity index (χ3n) is 2.58. The van der Waals surface area contributed by atoms with E-state index in [-0.39, 0.29) is 5.91 Å². The Morgan fingerprint density at radius 3 is 3.06 bits per heavy atom. The van der Waals surface area contributed by atoms with Crippen LogP contribution in [0.1, 0.15) is 24.8 Å². The van der Waals surface area contributed by atoms with Gasteiger partial charge >= 0.3 is 0 Å². The maximum absolute atomic E-state index is 11.8. The monoisotopic (exact) mass is 242 g/mol. The van der Waals surface area contributed by atoms with Crippen molar-refractivity contribution in [3.63, 3.8) is 0 Å². The molecule has 6 nitrogen and oxygen atoms in total. The Hall–Kier alpha value is -1.21. The number of nitrogens with two attached hydrogens (primary N) is 1. The van der Waals surface area contributed by atoms with Crippen LogP contribution in [0.3, 0.4) is 0 Å². The molecule has 0 radical (unpaired) electrons. The van der Waals surface area contributed by atoms with E-state index >= 15 is 0 Å². The maximum atomic E-state index is 11.8. The molecule has 0 saturated carbocycles. The largest absolute Gasteiger partial charge is 0.374 e. The van der Waals surface area contributed by atoms with E-state index in [2.05, 4.69) is 15.5 Å². The van der Waals surface area contributed by atoms with Crippen LogP contribution < -0.4 is 11.1 Å². The van der Waals surface area contributed by atoms with Crippen LogP contribution in [0.15, 0.2) is 0 Å². The third kappa shape index (κ3) is 2.30. The molecule has 0 aromatic carbocycles. The highest BCUT2D eigenvalue weighted by Gasteiger charge is 2.37. The second-order valence-corrected chi connectivity index (χ2v) is 4.99. The van der Waals surface area contributed by atoms with Gasteiger partial charge in [-0.3, -0.25) is 4.79 Å². The smallest absolute Gasteiger partial charge is 0.252 e. The lowest BCUT2D eigenvalue weighted by molar-refractivity contribution is -0.139. The van der Waals surface area contributed by atoms with Crippen LogP contribution in [-0.4, -0.2) is 28.3 Å². The lowest BCUT2D eigenvalue weighted by atomic mass is 10.0. The van der Waals surface area contributed by atoms with Crippen molar-refractivity contribution < 1.29 is 9.53 Å². The van der Waals surface area contributed by atoms with Gasteiger partial charge in [0.25, 0.3) is 5.91 Å². The molecule has 0 spiro atoms. The fourth-order valence-electron chi connectivity index (χ4n) is 1.64. The molecule has 88 valence electrons. The Labute approximate surface area is 97.2 Å². The van der Waals surface area contributed by atoms with E-state index in [1.807, 2.05) is 6.92 Å². The normalized spacial score (nSPS) is 24.6. The SMILES string of the molecule is CC1(C(=O)NCc2nnc(N)s2)CCCO1. The molecule has 16 heavy (non-hydrogen) atoms. The number of amides is 1. The van der Waals surface area contributed by atoms with E-state index in [9.17, 15) is 4.79 Å². The summed E-state index contributed by atoms with van der Waals surface area (Å²) in [5, 5.41) is 11.4. The fourth-order valence-corrected chi connectivity index (χ4v) is 2.19. The number of rotatable bonds is 3. The Balaban J connectivity index is 1.88. The van der Waals surface area contributed by atoms with E-state index in [4.69, 9.17) is 10.5 Å². The molecule has 1 aliphatic rings. The number of carbonyl (C=O) groups excluding carboxylic acids is 1. The predicted octanol–water partition coefficient (Wildman–Crippen LogP) is 0.306. The Morgan fingerprint density at radius 2 is 2.50 bits per heavy atom. The predicted molar refractivity (Wildman–Crippen MR) is 59.8 cm³/mol. The first-order valence-electron chi connectivity index (χ1n) is 5.10. The minimum Gasteiger partial charge on any atom is -0.374 e. The molecule has 1 amide bonds. The van der Waals surface area contributed by atoms with Crippen molar-refractivity contribution in [2.45, 2.75) is 31.9 Å². The lowest BCUT2D eigenvalue weighted by Gasteiger charge is -2.21. The first kappa shape index (κ1) is 11.3. The van der Waals surface area contributed by atoms with Gasteiger partial charge in [-0.25, -0.2) is 0 Å². The number of ether oxygens (including phenoxy) is 1. The van der Waals surface area contributed by atoms with Gasteiger partial charge in [-0.05, 0) is 19.8 Å². The average molecular weight is 242 g/mol. The van der Waals surface area contributed by atoms with Crippen molar-refractivity contribution >= 4 is 22.4 Å². The van der Waals surface area contributed by atoms with Crippen LogP contribution in [0.25, 0.3) is 0 Å². The number of hydrogen-bond donors (Lipinski definition) is 2. The Morgan fingerprint density at radius 1 is 1.69 bits per heavy atom. The van der Waals surface area contributed by atoms with E-state index in [1.165, 1.54) is 11.3 Å². The van der Waals surface area contributed by atoms with Gasteiger partial charge in [0.05, 0.1) is 6.54 Å². The van der Waals surface area contributed by atoms with Crippen LogP contribution in [-0.2, 0) is 16.1 Å². The molecule has 0 bridgehead atoms. The van der Waals surface area contributed by atoms with Gasteiger partial charge in [0.2, 0.25) is 5.13 Å². The Kier molecular flexibility index (Phi) is 3.06. The van der Waals surface area contributed by atoms with Crippen molar-refractivity contribution in [3.8, 4) is 0 Å². The number of nitrogens with zero attached hydrogens (tertiary/aromatic N) is 2. The summed E-state index contributed by atoms with van der Waals surface area (Å²) < 4.78 is 5.43. The molecular formula is C9H14N4O2S. The lowest BCUT2D eigenvalue weighted by Crippen LogP contribution is -2.43. The molecule has 2 heterocycles. The number of carbonyl (C=O) groups is 1. The standard InChI is InChI=1S/C9H14N4O2S/c1-9(3-2-4-15-9)7(14)11-5-6-12-13-8(10)16-6/h2-5H2,1H3,(H2,10,13)(H,11,14). The zero-order valence-corrected chi connectivity index (χ0v) is 9.84. The molecule has 0 aliphatic carbocycles. The van der Waals surface area contributed by atoms with Gasteiger partial charge in [0.15, 0.2) is 0 Å². The number of anilines is 1. The zero-order valence-electron chi connectivity index (χ0n) is 9.02. The number of aromatic nitrogens is 2. The molecule has 7 heteroatoms. The van der Waals surface area contributed by atoms with Crippen LogP contribution in [0.2, 0.25) is 0 Å². The fraction of sp³-hybridized carbons (Fsp3) is 0.667. The number of nitrogens with one attached hydrogen (secondary N) is 1. The average Bonchev–Trinajstić information content (AvgIpc) is 2.85. The highest BCUT2D eigenvalue weighted by Crippen LogP contribution is 2.25. The van der Waals surface area contributed by atoms with Gasteiger partial charge in [0, 0.05) is 6.61 Å². The minimum absolute atomic E-state index is 0.0984. The van der Waals surface area contributed by atoms with Crippen LogP contribution in [0.5, 0.6) is 0 Å². The van der Waals surface area contributed by atoms with E-state index in [0.717, 1.165) is 12.8 Å². The van der Waals surface area contributed by atoms with Crippen molar-refractivity contribution in [1.82, 2.24) is 15.5 Å². The van der Waals surface area contributed by atoms with E-state index < -0.39 is 5.60 Å². The molecule has 1 atom stereocenters. The summed E-state index contributed by atoms with van der Waals surface area (Å²) in [6.07, 6.45) is 1.69. The van der Waals surface area contributed by atoms with Gasteiger partial charge in [-0.15, -0.1) is 10.2 Å². The molecule has 1 aromatic rings. The molecule has 1 saturated heterocycles. The van der Waals surface area contributed by atoms with Crippen LogP contribution in [0, 0.1) is 0 Å². The summed E-state index contributed by atoms with van der Waals surface area (Å²) in [6.45, 7) is 2.81.